The third kappa shape index (κ3) is 3.98. The van der Waals surface area contributed by atoms with Crippen LogP contribution < -0.4 is 0 Å². The Morgan fingerprint density at radius 2 is 1.80 bits per heavy atom. The molecule has 0 aliphatic rings. The molecule has 1 aromatic carbocycles. The van der Waals surface area contributed by atoms with E-state index < -0.39 is 5.41 Å². The van der Waals surface area contributed by atoms with E-state index in [0.29, 0.717) is 0 Å². The first-order chi connectivity index (χ1) is 7.00. The minimum atomic E-state index is -0.457. The summed E-state index contributed by atoms with van der Waals surface area (Å²) in [6.45, 7) is 5.48. The molecular formula is C13H16O2. The Morgan fingerprint density at radius 1 is 1.20 bits per heavy atom. The molecule has 0 saturated carbocycles. The Kier molecular flexibility index (Phi) is 3.67. The van der Waals surface area contributed by atoms with Gasteiger partial charge in [-0.2, -0.15) is 0 Å². The van der Waals surface area contributed by atoms with Gasteiger partial charge in [0, 0.05) is 0 Å². The van der Waals surface area contributed by atoms with Crippen molar-refractivity contribution in [3.63, 3.8) is 0 Å². The molecule has 15 heavy (non-hydrogen) atoms. The van der Waals surface area contributed by atoms with Gasteiger partial charge in [0.15, 0.2) is 0 Å². The first-order valence-electron chi connectivity index (χ1n) is 4.93. The van der Waals surface area contributed by atoms with E-state index in [1.165, 1.54) is 6.26 Å². The topological polar surface area (TPSA) is 26.3 Å². The molecular weight excluding hydrogens is 188 g/mol. The van der Waals surface area contributed by atoms with Crippen LogP contribution in [0.5, 0.6) is 0 Å². The molecule has 1 rings (SSSR count). The maximum atomic E-state index is 11.4. The van der Waals surface area contributed by atoms with E-state index in [-0.39, 0.29) is 5.97 Å². The van der Waals surface area contributed by atoms with Crippen LogP contribution in [0.15, 0.2) is 36.6 Å². The SMILES string of the molecule is CC(C)(C)C(=O)OC=Cc1ccccc1. The number of benzene rings is 1. The first kappa shape index (κ1) is 11.5. The molecule has 0 aliphatic carbocycles. The highest BCUT2D eigenvalue weighted by molar-refractivity contribution is 5.76. The number of ether oxygens (including phenoxy) is 1. The van der Waals surface area contributed by atoms with Crippen molar-refractivity contribution >= 4 is 12.0 Å². The van der Waals surface area contributed by atoms with E-state index in [1.807, 2.05) is 51.1 Å². The zero-order valence-corrected chi connectivity index (χ0v) is 9.36. The third-order valence-electron chi connectivity index (χ3n) is 1.85. The molecule has 0 heterocycles. The van der Waals surface area contributed by atoms with Crippen molar-refractivity contribution in [3.05, 3.63) is 42.2 Å². The number of carbonyl (C=O) groups excluding carboxylic acids is 1. The zero-order chi connectivity index (χ0) is 11.3. The average molecular weight is 204 g/mol. The summed E-state index contributed by atoms with van der Waals surface area (Å²) in [4.78, 5) is 11.4. The Balaban J connectivity index is 2.51. The molecule has 0 spiro atoms. The second kappa shape index (κ2) is 4.78. The molecule has 0 radical (unpaired) electrons. The second-order valence-electron chi connectivity index (χ2n) is 4.37. The van der Waals surface area contributed by atoms with Crippen LogP contribution in [0.25, 0.3) is 6.08 Å². The molecule has 2 nitrogen and oxygen atoms in total. The Bertz CT molecular complexity index is 345. The Morgan fingerprint density at radius 3 is 2.33 bits per heavy atom. The van der Waals surface area contributed by atoms with E-state index in [4.69, 9.17) is 4.74 Å². The first-order valence-corrected chi connectivity index (χ1v) is 4.93. The van der Waals surface area contributed by atoms with E-state index in [9.17, 15) is 4.79 Å². The van der Waals surface area contributed by atoms with Crippen molar-refractivity contribution in [2.45, 2.75) is 20.8 Å². The molecule has 0 N–H and O–H groups in total. The lowest BCUT2D eigenvalue weighted by Crippen LogP contribution is -2.20. The van der Waals surface area contributed by atoms with Crippen LogP contribution in [0.4, 0.5) is 0 Å². The molecule has 0 aliphatic heterocycles. The summed E-state index contributed by atoms with van der Waals surface area (Å²) >= 11 is 0. The summed E-state index contributed by atoms with van der Waals surface area (Å²) in [6.07, 6.45) is 3.20. The predicted octanol–water partition coefficient (Wildman–Crippen LogP) is 3.25. The van der Waals surface area contributed by atoms with Gasteiger partial charge in [0.1, 0.15) is 0 Å². The summed E-state index contributed by atoms with van der Waals surface area (Å²) in [5, 5.41) is 0. The van der Waals surface area contributed by atoms with Gasteiger partial charge >= 0.3 is 5.97 Å². The van der Waals surface area contributed by atoms with E-state index in [1.54, 1.807) is 6.08 Å². The number of hydrogen-bond donors (Lipinski definition) is 0. The van der Waals surface area contributed by atoms with Crippen molar-refractivity contribution in [1.29, 1.82) is 0 Å². The normalized spacial score (nSPS) is 11.7. The summed E-state index contributed by atoms with van der Waals surface area (Å²) < 4.78 is 4.99. The fourth-order valence-electron chi connectivity index (χ4n) is 0.915. The van der Waals surface area contributed by atoms with Crippen LogP contribution in [-0.4, -0.2) is 5.97 Å². The van der Waals surface area contributed by atoms with Gasteiger partial charge in [-0.1, -0.05) is 30.3 Å². The van der Waals surface area contributed by atoms with Gasteiger partial charge in [-0.3, -0.25) is 4.79 Å². The summed E-state index contributed by atoms with van der Waals surface area (Å²) in [6, 6.07) is 9.71. The van der Waals surface area contributed by atoms with Crippen molar-refractivity contribution in [2.24, 2.45) is 5.41 Å². The molecule has 0 atom stereocenters. The summed E-state index contributed by atoms with van der Waals surface area (Å²) in [5.74, 6) is -0.227. The van der Waals surface area contributed by atoms with Crippen molar-refractivity contribution < 1.29 is 9.53 Å². The largest absolute Gasteiger partial charge is 0.434 e. The van der Waals surface area contributed by atoms with Gasteiger partial charge < -0.3 is 4.74 Å². The van der Waals surface area contributed by atoms with E-state index in [2.05, 4.69) is 0 Å². The third-order valence-corrected chi connectivity index (χ3v) is 1.85. The molecule has 0 fully saturated rings. The molecule has 0 saturated heterocycles. The standard InChI is InChI=1S/C13H16O2/c1-13(2,3)12(14)15-10-9-11-7-5-4-6-8-11/h4-10H,1-3H3. The predicted molar refractivity (Wildman–Crippen MR) is 61.0 cm³/mol. The highest BCUT2D eigenvalue weighted by Gasteiger charge is 2.22. The smallest absolute Gasteiger partial charge is 0.316 e. The molecule has 0 aromatic heterocycles. The van der Waals surface area contributed by atoms with Gasteiger partial charge in [-0.15, -0.1) is 0 Å². The minimum Gasteiger partial charge on any atom is -0.434 e. The van der Waals surface area contributed by atoms with Gasteiger partial charge in [-0.25, -0.2) is 0 Å². The minimum absolute atomic E-state index is 0.227. The average Bonchev–Trinajstić information content (AvgIpc) is 2.18. The molecule has 0 amide bonds. The van der Waals surface area contributed by atoms with Gasteiger partial charge in [-0.05, 0) is 32.4 Å². The lowest BCUT2D eigenvalue weighted by molar-refractivity contribution is -0.146. The number of esters is 1. The Hall–Kier alpha value is -1.57. The van der Waals surface area contributed by atoms with Crippen molar-refractivity contribution in [1.82, 2.24) is 0 Å². The monoisotopic (exact) mass is 204 g/mol. The van der Waals surface area contributed by atoms with Crippen LogP contribution in [-0.2, 0) is 9.53 Å². The summed E-state index contributed by atoms with van der Waals surface area (Å²) in [5.41, 5.74) is 0.556. The Labute approximate surface area is 90.6 Å². The van der Waals surface area contributed by atoms with Crippen molar-refractivity contribution in [3.8, 4) is 0 Å². The van der Waals surface area contributed by atoms with Gasteiger partial charge in [0.25, 0.3) is 0 Å². The lowest BCUT2D eigenvalue weighted by atomic mass is 9.97. The lowest BCUT2D eigenvalue weighted by Gasteiger charge is -2.13. The molecule has 2 heteroatoms. The van der Waals surface area contributed by atoms with Crippen LogP contribution in [0.3, 0.4) is 0 Å². The molecule has 1 aromatic rings. The van der Waals surface area contributed by atoms with Gasteiger partial charge in [0.05, 0.1) is 11.7 Å². The van der Waals surface area contributed by atoms with Crippen LogP contribution >= 0.6 is 0 Å². The van der Waals surface area contributed by atoms with E-state index >= 15 is 0 Å². The summed E-state index contributed by atoms with van der Waals surface area (Å²) in [7, 11) is 0. The maximum absolute atomic E-state index is 11.4. The van der Waals surface area contributed by atoms with Gasteiger partial charge in [0.2, 0.25) is 0 Å². The highest BCUT2D eigenvalue weighted by Crippen LogP contribution is 2.15. The number of hydrogen-bond acceptors (Lipinski definition) is 2. The van der Waals surface area contributed by atoms with Crippen LogP contribution in [0.1, 0.15) is 26.3 Å². The molecule has 80 valence electrons. The maximum Gasteiger partial charge on any atom is 0.316 e. The van der Waals surface area contributed by atoms with Crippen LogP contribution in [0, 0.1) is 5.41 Å². The molecule has 0 unspecified atom stereocenters. The zero-order valence-electron chi connectivity index (χ0n) is 9.36. The highest BCUT2D eigenvalue weighted by atomic mass is 16.5. The van der Waals surface area contributed by atoms with Crippen molar-refractivity contribution in [2.75, 3.05) is 0 Å². The van der Waals surface area contributed by atoms with E-state index in [0.717, 1.165) is 5.56 Å². The molecule has 0 bridgehead atoms. The number of rotatable bonds is 2. The quantitative estimate of drug-likeness (QED) is 0.546. The van der Waals surface area contributed by atoms with Crippen LogP contribution in [0.2, 0.25) is 0 Å². The fourth-order valence-corrected chi connectivity index (χ4v) is 0.915. The number of carbonyl (C=O) groups is 1. The fraction of sp³-hybridized carbons (Fsp3) is 0.308. The second-order valence-corrected chi connectivity index (χ2v) is 4.37.